The van der Waals surface area contributed by atoms with Gasteiger partial charge in [-0.3, -0.25) is 0 Å². The highest BCUT2D eigenvalue weighted by Crippen LogP contribution is 2.16. The molecule has 0 aliphatic rings. The number of hydrogen-bond donors (Lipinski definition) is 1. The number of sulfone groups is 1. The Bertz CT molecular complexity index is 642. The molecule has 0 fully saturated rings. The third-order valence-corrected chi connectivity index (χ3v) is 4.09. The highest BCUT2D eigenvalue weighted by molar-refractivity contribution is 7.91. The van der Waals surface area contributed by atoms with Gasteiger partial charge >= 0.3 is 0 Å². The smallest absolute Gasteiger partial charge is 0.201 e. The molecular formula is C13H14N2O3S. The van der Waals surface area contributed by atoms with Gasteiger partial charge in [0.2, 0.25) is 9.84 Å². The minimum atomic E-state index is -3.52. The summed E-state index contributed by atoms with van der Waals surface area (Å²) in [4.78, 5) is 3.81. The van der Waals surface area contributed by atoms with Crippen molar-refractivity contribution in [2.75, 3.05) is 18.1 Å². The van der Waals surface area contributed by atoms with Crippen molar-refractivity contribution in [1.82, 2.24) is 4.98 Å². The van der Waals surface area contributed by atoms with Crippen LogP contribution < -0.4 is 10.5 Å². The molecular weight excluding hydrogens is 264 g/mol. The van der Waals surface area contributed by atoms with Crippen LogP contribution in [0.2, 0.25) is 0 Å². The molecule has 2 N–H and O–H groups in total. The summed E-state index contributed by atoms with van der Waals surface area (Å²) in [5.41, 5.74) is 5.76. The average molecular weight is 278 g/mol. The molecule has 100 valence electrons. The molecule has 2 aromatic rings. The minimum absolute atomic E-state index is 0.0579. The second kappa shape index (κ2) is 5.71. The summed E-state index contributed by atoms with van der Waals surface area (Å²) in [5, 5.41) is -0.0911. The van der Waals surface area contributed by atoms with Crippen molar-refractivity contribution in [2.45, 2.75) is 5.03 Å². The highest BCUT2D eigenvalue weighted by Gasteiger charge is 2.18. The van der Waals surface area contributed by atoms with Crippen LogP contribution in [0, 0.1) is 0 Å². The molecule has 1 heterocycles. The number of nitrogens with zero attached hydrogens (tertiary/aromatic N) is 1. The first-order chi connectivity index (χ1) is 9.09. The Labute approximate surface area is 112 Å². The van der Waals surface area contributed by atoms with Crippen molar-refractivity contribution in [3.8, 4) is 5.75 Å². The third kappa shape index (κ3) is 3.45. The first kappa shape index (κ1) is 13.4. The maximum Gasteiger partial charge on any atom is 0.201 e. The van der Waals surface area contributed by atoms with Gasteiger partial charge in [0.05, 0.1) is 11.4 Å². The Hall–Kier alpha value is -2.08. The molecule has 0 saturated carbocycles. The van der Waals surface area contributed by atoms with Crippen LogP contribution in [-0.4, -0.2) is 25.8 Å². The van der Waals surface area contributed by atoms with Crippen molar-refractivity contribution in [3.63, 3.8) is 0 Å². The van der Waals surface area contributed by atoms with E-state index in [0.717, 1.165) is 0 Å². The number of rotatable bonds is 5. The summed E-state index contributed by atoms with van der Waals surface area (Å²) in [7, 11) is -3.52. The molecule has 0 radical (unpaired) electrons. The first-order valence-corrected chi connectivity index (χ1v) is 7.36. The van der Waals surface area contributed by atoms with Crippen LogP contribution in [-0.2, 0) is 9.84 Å². The number of aromatic nitrogens is 1. The van der Waals surface area contributed by atoms with E-state index >= 15 is 0 Å². The lowest BCUT2D eigenvalue weighted by Crippen LogP contribution is -2.16. The number of benzene rings is 1. The number of nitrogen functional groups attached to an aromatic ring is 1. The number of pyridine rings is 1. The molecule has 0 saturated heterocycles. The topological polar surface area (TPSA) is 82.3 Å². The second-order valence-corrected chi connectivity index (χ2v) is 5.90. The lowest BCUT2D eigenvalue weighted by molar-refractivity contribution is 0.341. The van der Waals surface area contributed by atoms with Crippen LogP contribution >= 0.6 is 0 Å². The summed E-state index contributed by atoms with van der Waals surface area (Å²) in [6.45, 7) is 0.0579. The Morgan fingerprint density at radius 1 is 1.11 bits per heavy atom. The molecule has 0 unspecified atom stereocenters. The van der Waals surface area contributed by atoms with Gasteiger partial charge in [-0.1, -0.05) is 18.2 Å². The van der Waals surface area contributed by atoms with E-state index in [1.165, 1.54) is 12.3 Å². The van der Waals surface area contributed by atoms with Crippen molar-refractivity contribution >= 4 is 15.5 Å². The predicted octanol–water partition coefficient (Wildman–Crippen LogP) is 1.52. The maximum atomic E-state index is 12.0. The SMILES string of the molecule is Nc1cccnc1S(=O)(=O)CCOc1ccccc1. The van der Waals surface area contributed by atoms with E-state index in [1.807, 2.05) is 18.2 Å². The van der Waals surface area contributed by atoms with Crippen LogP contribution in [0.3, 0.4) is 0 Å². The normalized spacial score (nSPS) is 11.2. The molecule has 0 atom stereocenters. The lowest BCUT2D eigenvalue weighted by Gasteiger charge is -2.07. The predicted molar refractivity (Wildman–Crippen MR) is 72.6 cm³/mol. The molecule has 0 aliphatic heterocycles. The van der Waals surface area contributed by atoms with Crippen LogP contribution in [0.1, 0.15) is 0 Å². The quantitative estimate of drug-likeness (QED) is 0.896. The molecule has 0 spiro atoms. The second-order valence-electron chi connectivity index (χ2n) is 3.88. The van der Waals surface area contributed by atoms with Crippen LogP contribution in [0.5, 0.6) is 5.75 Å². The Morgan fingerprint density at radius 3 is 2.53 bits per heavy atom. The summed E-state index contributed by atoms with van der Waals surface area (Å²) >= 11 is 0. The van der Waals surface area contributed by atoms with Gasteiger partial charge in [0.1, 0.15) is 12.4 Å². The number of para-hydroxylation sites is 1. The molecule has 0 aliphatic carbocycles. The monoisotopic (exact) mass is 278 g/mol. The zero-order valence-corrected chi connectivity index (χ0v) is 11.0. The number of hydrogen-bond acceptors (Lipinski definition) is 5. The Kier molecular flexibility index (Phi) is 4.01. The summed E-state index contributed by atoms with van der Waals surface area (Å²) < 4.78 is 29.4. The van der Waals surface area contributed by atoms with E-state index in [9.17, 15) is 8.42 Å². The zero-order valence-electron chi connectivity index (χ0n) is 10.2. The fourth-order valence-electron chi connectivity index (χ4n) is 1.55. The van der Waals surface area contributed by atoms with Crippen LogP contribution in [0.25, 0.3) is 0 Å². The fraction of sp³-hybridized carbons (Fsp3) is 0.154. The highest BCUT2D eigenvalue weighted by atomic mass is 32.2. The Balaban J connectivity index is 2.01. The molecule has 0 amide bonds. The first-order valence-electron chi connectivity index (χ1n) is 5.71. The molecule has 2 rings (SSSR count). The van der Waals surface area contributed by atoms with Crippen LogP contribution in [0.15, 0.2) is 53.7 Å². The van der Waals surface area contributed by atoms with E-state index in [1.54, 1.807) is 18.2 Å². The largest absolute Gasteiger partial charge is 0.493 e. The average Bonchev–Trinajstić information content (AvgIpc) is 2.40. The molecule has 6 heteroatoms. The van der Waals surface area contributed by atoms with Gasteiger partial charge in [-0.2, -0.15) is 0 Å². The summed E-state index contributed by atoms with van der Waals surface area (Å²) in [6, 6.07) is 12.1. The van der Waals surface area contributed by atoms with Crippen molar-refractivity contribution in [3.05, 3.63) is 48.7 Å². The van der Waals surface area contributed by atoms with Gasteiger partial charge < -0.3 is 10.5 Å². The van der Waals surface area contributed by atoms with Gasteiger partial charge in [-0.15, -0.1) is 0 Å². The summed E-state index contributed by atoms with van der Waals surface area (Å²) in [6.07, 6.45) is 1.40. The number of ether oxygens (including phenoxy) is 1. The van der Waals surface area contributed by atoms with E-state index in [4.69, 9.17) is 10.5 Å². The van der Waals surface area contributed by atoms with E-state index in [0.29, 0.717) is 5.75 Å². The minimum Gasteiger partial charge on any atom is -0.493 e. The molecule has 1 aromatic carbocycles. The zero-order chi connectivity index (χ0) is 13.7. The van der Waals surface area contributed by atoms with Gasteiger partial charge in [0.25, 0.3) is 0 Å². The van der Waals surface area contributed by atoms with E-state index < -0.39 is 9.84 Å². The number of nitrogens with two attached hydrogens (primary N) is 1. The van der Waals surface area contributed by atoms with Gasteiger partial charge in [0.15, 0.2) is 5.03 Å². The van der Waals surface area contributed by atoms with Crippen molar-refractivity contribution in [2.24, 2.45) is 0 Å². The fourth-order valence-corrected chi connectivity index (χ4v) is 2.69. The molecule has 19 heavy (non-hydrogen) atoms. The van der Waals surface area contributed by atoms with Crippen molar-refractivity contribution < 1.29 is 13.2 Å². The van der Waals surface area contributed by atoms with Gasteiger partial charge in [-0.05, 0) is 24.3 Å². The maximum absolute atomic E-state index is 12.0. The van der Waals surface area contributed by atoms with Gasteiger partial charge in [0, 0.05) is 6.20 Å². The molecule has 0 bridgehead atoms. The lowest BCUT2D eigenvalue weighted by atomic mass is 10.3. The standard InChI is InChI=1S/C13H14N2O3S/c14-12-7-4-8-15-13(12)19(16,17)10-9-18-11-5-2-1-3-6-11/h1-8H,9-10,14H2. The molecule has 1 aromatic heterocycles. The summed E-state index contributed by atoms with van der Waals surface area (Å²) in [5.74, 6) is 0.468. The Morgan fingerprint density at radius 2 is 1.84 bits per heavy atom. The van der Waals surface area contributed by atoms with Crippen molar-refractivity contribution in [1.29, 1.82) is 0 Å². The third-order valence-electron chi connectivity index (χ3n) is 2.46. The molecule has 5 nitrogen and oxygen atoms in total. The van der Waals surface area contributed by atoms with Crippen LogP contribution in [0.4, 0.5) is 5.69 Å². The van der Waals surface area contributed by atoms with E-state index in [2.05, 4.69) is 4.98 Å². The van der Waals surface area contributed by atoms with E-state index in [-0.39, 0.29) is 23.1 Å². The van der Waals surface area contributed by atoms with Gasteiger partial charge in [-0.25, -0.2) is 13.4 Å². The number of anilines is 1.